The number of hydrogen-bond donors (Lipinski definition) is 1. The highest BCUT2D eigenvalue weighted by atomic mass is 19.1. The van der Waals surface area contributed by atoms with Gasteiger partial charge in [0.2, 0.25) is 0 Å². The first kappa shape index (κ1) is 12.5. The van der Waals surface area contributed by atoms with Crippen LogP contribution in [0, 0.1) is 5.82 Å². The number of hydrogen-bond acceptors (Lipinski definition) is 3. The van der Waals surface area contributed by atoms with Crippen molar-refractivity contribution in [2.75, 3.05) is 14.2 Å². The zero-order valence-corrected chi connectivity index (χ0v) is 10.4. The van der Waals surface area contributed by atoms with Crippen LogP contribution in [-0.2, 0) is 6.54 Å². The summed E-state index contributed by atoms with van der Waals surface area (Å²) in [7, 11) is 3.32. The Labute approximate surface area is 106 Å². The van der Waals surface area contributed by atoms with Crippen LogP contribution in [0.25, 0.3) is 11.1 Å². The second kappa shape index (κ2) is 5.60. The van der Waals surface area contributed by atoms with Crippen LogP contribution < -0.4 is 10.1 Å². The summed E-state index contributed by atoms with van der Waals surface area (Å²) in [5.74, 6) is -0.116. The Balaban J connectivity index is 2.45. The summed E-state index contributed by atoms with van der Waals surface area (Å²) >= 11 is 0. The van der Waals surface area contributed by atoms with Gasteiger partial charge in [0.15, 0.2) is 11.6 Å². The van der Waals surface area contributed by atoms with Crippen molar-refractivity contribution in [3.8, 4) is 16.9 Å². The number of benzene rings is 1. The summed E-state index contributed by atoms with van der Waals surface area (Å²) in [6.07, 6.45) is 3.41. The summed E-state index contributed by atoms with van der Waals surface area (Å²) in [6, 6.07) is 7.01. The van der Waals surface area contributed by atoms with Crippen LogP contribution in [0.2, 0.25) is 0 Å². The van der Waals surface area contributed by atoms with E-state index >= 15 is 0 Å². The van der Waals surface area contributed by atoms with Gasteiger partial charge in [-0.05, 0) is 24.7 Å². The SMILES string of the molecule is CNCc1cncc(-c2cccc(OC)c2F)c1. The maximum Gasteiger partial charge on any atom is 0.172 e. The van der Waals surface area contributed by atoms with E-state index in [2.05, 4.69) is 10.3 Å². The minimum Gasteiger partial charge on any atom is -0.494 e. The fourth-order valence-corrected chi connectivity index (χ4v) is 1.83. The maximum atomic E-state index is 14.1. The van der Waals surface area contributed by atoms with Crippen molar-refractivity contribution in [1.82, 2.24) is 10.3 Å². The number of pyridine rings is 1. The molecule has 2 rings (SSSR count). The van der Waals surface area contributed by atoms with Crippen molar-refractivity contribution in [2.24, 2.45) is 0 Å². The Kier molecular flexibility index (Phi) is 3.89. The van der Waals surface area contributed by atoms with Gasteiger partial charge in [0.05, 0.1) is 7.11 Å². The summed E-state index contributed by atoms with van der Waals surface area (Å²) < 4.78 is 19.1. The average Bonchev–Trinajstić information content (AvgIpc) is 2.40. The van der Waals surface area contributed by atoms with Crippen molar-refractivity contribution in [2.45, 2.75) is 6.54 Å². The van der Waals surface area contributed by atoms with Crippen molar-refractivity contribution in [1.29, 1.82) is 0 Å². The minimum atomic E-state index is -0.358. The van der Waals surface area contributed by atoms with Crippen LogP contribution >= 0.6 is 0 Å². The molecule has 0 unspecified atom stereocenters. The molecular weight excluding hydrogens is 231 g/mol. The second-order valence-electron chi connectivity index (χ2n) is 3.93. The number of ether oxygens (including phenoxy) is 1. The molecule has 0 atom stereocenters. The summed E-state index contributed by atoms with van der Waals surface area (Å²) in [4.78, 5) is 4.13. The van der Waals surface area contributed by atoms with E-state index in [-0.39, 0.29) is 11.6 Å². The standard InChI is InChI=1S/C14H15FN2O/c1-16-7-10-6-11(9-17-8-10)12-4-3-5-13(18-2)14(12)15/h3-6,8-9,16H,7H2,1-2H3. The zero-order chi connectivity index (χ0) is 13.0. The predicted octanol–water partition coefficient (Wildman–Crippen LogP) is 2.62. The van der Waals surface area contributed by atoms with E-state index in [1.807, 2.05) is 13.1 Å². The molecule has 3 nitrogen and oxygen atoms in total. The molecule has 0 saturated carbocycles. The Morgan fingerprint density at radius 3 is 2.89 bits per heavy atom. The fourth-order valence-electron chi connectivity index (χ4n) is 1.83. The number of nitrogens with zero attached hydrogens (tertiary/aromatic N) is 1. The van der Waals surface area contributed by atoms with Crippen molar-refractivity contribution < 1.29 is 9.13 Å². The molecule has 1 aromatic carbocycles. The molecule has 0 bridgehead atoms. The van der Waals surface area contributed by atoms with Gasteiger partial charge in [0.25, 0.3) is 0 Å². The van der Waals surface area contributed by atoms with Crippen molar-refractivity contribution in [3.63, 3.8) is 0 Å². The Hall–Kier alpha value is -1.94. The second-order valence-corrected chi connectivity index (χ2v) is 3.93. The number of aromatic nitrogens is 1. The van der Waals surface area contributed by atoms with Crippen molar-refractivity contribution in [3.05, 3.63) is 48.0 Å². The molecule has 1 aromatic heterocycles. The van der Waals surface area contributed by atoms with Gasteiger partial charge in [0, 0.05) is 30.1 Å². The van der Waals surface area contributed by atoms with Crippen LogP contribution in [0.5, 0.6) is 5.75 Å². The first-order valence-electron chi connectivity index (χ1n) is 5.67. The van der Waals surface area contributed by atoms with Gasteiger partial charge in [-0.15, -0.1) is 0 Å². The van der Waals surface area contributed by atoms with Crippen LogP contribution in [0.1, 0.15) is 5.56 Å². The zero-order valence-electron chi connectivity index (χ0n) is 10.4. The molecule has 4 heteroatoms. The maximum absolute atomic E-state index is 14.1. The van der Waals surface area contributed by atoms with Crippen LogP contribution in [0.4, 0.5) is 4.39 Å². The monoisotopic (exact) mass is 246 g/mol. The van der Waals surface area contributed by atoms with Crippen LogP contribution in [-0.4, -0.2) is 19.1 Å². The van der Waals surface area contributed by atoms with Gasteiger partial charge >= 0.3 is 0 Å². The van der Waals surface area contributed by atoms with Gasteiger partial charge in [-0.25, -0.2) is 4.39 Å². The smallest absolute Gasteiger partial charge is 0.172 e. The number of halogens is 1. The number of nitrogens with one attached hydrogen (secondary N) is 1. The van der Waals surface area contributed by atoms with Crippen LogP contribution in [0.3, 0.4) is 0 Å². The van der Waals surface area contributed by atoms with E-state index in [1.54, 1.807) is 30.6 Å². The minimum absolute atomic E-state index is 0.242. The quantitative estimate of drug-likeness (QED) is 0.900. The van der Waals surface area contributed by atoms with E-state index in [0.717, 1.165) is 11.1 Å². The Morgan fingerprint density at radius 1 is 1.33 bits per heavy atom. The highest BCUT2D eigenvalue weighted by Gasteiger charge is 2.10. The number of methoxy groups -OCH3 is 1. The molecule has 0 saturated heterocycles. The molecule has 0 radical (unpaired) electrons. The summed E-state index contributed by atoms with van der Waals surface area (Å²) in [5, 5.41) is 3.04. The van der Waals surface area contributed by atoms with E-state index in [9.17, 15) is 4.39 Å². The van der Waals surface area contributed by atoms with Gasteiger partial charge < -0.3 is 10.1 Å². The first-order chi connectivity index (χ1) is 8.76. The molecule has 18 heavy (non-hydrogen) atoms. The van der Waals surface area contributed by atoms with Gasteiger partial charge in [-0.2, -0.15) is 0 Å². The molecule has 0 aliphatic rings. The van der Waals surface area contributed by atoms with Crippen molar-refractivity contribution >= 4 is 0 Å². The molecule has 1 N–H and O–H groups in total. The summed E-state index contributed by atoms with van der Waals surface area (Å²) in [5.41, 5.74) is 2.26. The Bertz CT molecular complexity index is 543. The van der Waals surface area contributed by atoms with Gasteiger partial charge in [0.1, 0.15) is 0 Å². The predicted molar refractivity (Wildman–Crippen MR) is 68.9 cm³/mol. The topological polar surface area (TPSA) is 34.2 Å². The molecule has 1 heterocycles. The molecule has 94 valence electrons. The molecule has 0 aliphatic heterocycles. The molecule has 0 fully saturated rings. The van der Waals surface area contributed by atoms with E-state index in [4.69, 9.17) is 4.74 Å². The van der Waals surface area contributed by atoms with Crippen LogP contribution in [0.15, 0.2) is 36.7 Å². The molecule has 0 aliphatic carbocycles. The average molecular weight is 246 g/mol. The largest absolute Gasteiger partial charge is 0.494 e. The van der Waals surface area contributed by atoms with E-state index in [1.165, 1.54) is 7.11 Å². The van der Waals surface area contributed by atoms with E-state index in [0.29, 0.717) is 12.1 Å². The third kappa shape index (κ3) is 2.49. The lowest BCUT2D eigenvalue weighted by molar-refractivity contribution is 0.387. The lowest BCUT2D eigenvalue weighted by Gasteiger charge is -2.08. The lowest BCUT2D eigenvalue weighted by Crippen LogP contribution is -2.05. The third-order valence-corrected chi connectivity index (χ3v) is 2.67. The van der Waals surface area contributed by atoms with Gasteiger partial charge in [-0.3, -0.25) is 4.98 Å². The number of rotatable bonds is 4. The molecular formula is C14H15FN2O. The molecule has 0 spiro atoms. The lowest BCUT2D eigenvalue weighted by atomic mass is 10.0. The highest BCUT2D eigenvalue weighted by Crippen LogP contribution is 2.28. The van der Waals surface area contributed by atoms with Gasteiger partial charge in [-0.1, -0.05) is 12.1 Å². The normalized spacial score (nSPS) is 10.4. The Morgan fingerprint density at radius 2 is 2.17 bits per heavy atom. The highest BCUT2D eigenvalue weighted by molar-refractivity contribution is 5.65. The van der Waals surface area contributed by atoms with E-state index < -0.39 is 0 Å². The third-order valence-electron chi connectivity index (χ3n) is 2.67. The molecule has 0 amide bonds. The first-order valence-corrected chi connectivity index (χ1v) is 5.67. The fraction of sp³-hybridized carbons (Fsp3) is 0.214. The summed E-state index contributed by atoms with van der Waals surface area (Å²) in [6.45, 7) is 0.701. The molecule has 2 aromatic rings.